The van der Waals surface area contributed by atoms with E-state index in [0.29, 0.717) is 6.61 Å². The van der Waals surface area contributed by atoms with Crippen LogP contribution in [0.25, 0.3) is 0 Å². The zero-order valence-corrected chi connectivity index (χ0v) is 12.7. The molecule has 2 aromatic rings. The Balaban J connectivity index is 1.90. The zero-order valence-electron chi connectivity index (χ0n) is 12.7. The first-order valence-corrected chi connectivity index (χ1v) is 6.88. The maximum absolute atomic E-state index is 11.1. The largest absolute Gasteiger partial charge is 0.497 e. The van der Waals surface area contributed by atoms with Crippen molar-refractivity contribution in [3.05, 3.63) is 54.1 Å². The Morgan fingerprint density at radius 2 is 1.82 bits per heavy atom. The van der Waals surface area contributed by atoms with Crippen LogP contribution in [0.1, 0.15) is 5.56 Å². The van der Waals surface area contributed by atoms with Crippen molar-refractivity contribution in [3.8, 4) is 11.5 Å². The van der Waals surface area contributed by atoms with Crippen LogP contribution >= 0.6 is 0 Å². The number of hydrogen-bond donors (Lipinski definition) is 1. The van der Waals surface area contributed by atoms with Crippen LogP contribution in [0.4, 0.5) is 5.69 Å². The summed E-state index contributed by atoms with van der Waals surface area (Å²) in [5.41, 5.74) is 1.85. The number of hydrogen-bond acceptors (Lipinski definition) is 5. The van der Waals surface area contributed by atoms with E-state index >= 15 is 0 Å². The molecule has 2 rings (SSSR count). The number of anilines is 1. The van der Waals surface area contributed by atoms with Gasteiger partial charge in [0, 0.05) is 11.8 Å². The zero-order chi connectivity index (χ0) is 15.8. The van der Waals surface area contributed by atoms with Crippen LogP contribution < -0.4 is 14.8 Å². The Kier molecular flexibility index (Phi) is 5.65. The summed E-state index contributed by atoms with van der Waals surface area (Å²) in [6.45, 7) is 0.586. The molecule has 0 saturated heterocycles. The maximum atomic E-state index is 11.1. The maximum Gasteiger partial charge on any atom is 0.325 e. The molecule has 5 nitrogen and oxygen atoms in total. The number of esters is 1. The predicted octanol–water partition coefficient (Wildman–Crippen LogP) is 2.86. The van der Waals surface area contributed by atoms with Gasteiger partial charge in [-0.15, -0.1) is 0 Å². The number of ether oxygens (including phenoxy) is 3. The van der Waals surface area contributed by atoms with E-state index in [-0.39, 0.29) is 12.5 Å². The molecular weight excluding hydrogens is 282 g/mol. The highest BCUT2D eigenvalue weighted by Gasteiger charge is 2.02. The molecule has 22 heavy (non-hydrogen) atoms. The van der Waals surface area contributed by atoms with Crippen molar-refractivity contribution in [2.75, 3.05) is 26.1 Å². The number of carbonyl (C=O) groups excluding carboxylic acids is 1. The molecule has 0 bridgehead atoms. The average molecular weight is 301 g/mol. The van der Waals surface area contributed by atoms with Gasteiger partial charge in [0.05, 0.1) is 14.2 Å². The van der Waals surface area contributed by atoms with Crippen LogP contribution in [-0.4, -0.2) is 26.7 Å². The van der Waals surface area contributed by atoms with Crippen LogP contribution in [0.15, 0.2) is 48.5 Å². The molecule has 0 heterocycles. The minimum absolute atomic E-state index is 0.123. The highest BCUT2D eigenvalue weighted by molar-refractivity contribution is 5.74. The summed E-state index contributed by atoms with van der Waals surface area (Å²) in [4.78, 5) is 11.1. The summed E-state index contributed by atoms with van der Waals surface area (Å²) < 4.78 is 15.4. The second kappa shape index (κ2) is 7.93. The summed E-state index contributed by atoms with van der Waals surface area (Å²) >= 11 is 0. The first-order chi connectivity index (χ1) is 10.7. The molecule has 0 fully saturated rings. The summed E-state index contributed by atoms with van der Waals surface area (Å²) in [6, 6.07) is 15.1. The van der Waals surface area contributed by atoms with E-state index in [4.69, 9.17) is 9.47 Å². The lowest BCUT2D eigenvalue weighted by Crippen LogP contribution is -2.14. The molecule has 0 amide bonds. The lowest BCUT2D eigenvalue weighted by atomic mass is 10.2. The number of benzene rings is 2. The quantitative estimate of drug-likeness (QED) is 0.797. The van der Waals surface area contributed by atoms with Gasteiger partial charge in [0.25, 0.3) is 0 Å². The molecule has 0 aliphatic heterocycles. The van der Waals surface area contributed by atoms with Gasteiger partial charge in [-0.1, -0.05) is 18.2 Å². The fraction of sp³-hybridized carbons (Fsp3) is 0.235. The highest BCUT2D eigenvalue weighted by Crippen LogP contribution is 2.19. The van der Waals surface area contributed by atoms with Crippen LogP contribution in [0.3, 0.4) is 0 Å². The van der Waals surface area contributed by atoms with Crippen molar-refractivity contribution in [2.45, 2.75) is 6.61 Å². The van der Waals surface area contributed by atoms with E-state index in [1.54, 1.807) is 7.11 Å². The van der Waals surface area contributed by atoms with Crippen molar-refractivity contribution in [2.24, 2.45) is 0 Å². The van der Waals surface area contributed by atoms with Crippen molar-refractivity contribution >= 4 is 11.7 Å². The van der Waals surface area contributed by atoms with Gasteiger partial charge in [-0.25, -0.2) is 0 Å². The van der Waals surface area contributed by atoms with Gasteiger partial charge in [0.1, 0.15) is 24.7 Å². The van der Waals surface area contributed by atoms with E-state index in [0.717, 1.165) is 22.7 Å². The molecule has 0 aliphatic carbocycles. The minimum atomic E-state index is -0.315. The Bertz CT molecular complexity index is 610. The van der Waals surface area contributed by atoms with Gasteiger partial charge in [-0.05, 0) is 29.8 Å². The molecule has 0 unspecified atom stereocenters. The molecule has 5 heteroatoms. The smallest absolute Gasteiger partial charge is 0.325 e. The molecule has 116 valence electrons. The van der Waals surface area contributed by atoms with Crippen LogP contribution in [0.5, 0.6) is 11.5 Å². The number of nitrogens with one attached hydrogen (secondary N) is 1. The number of rotatable bonds is 7. The van der Waals surface area contributed by atoms with E-state index < -0.39 is 0 Å². The van der Waals surface area contributed by atoms with Gasteiger partial charge >= 0.3 is 5.97 Å². The molecule has 0 atom stereocenters. The van der Waals surface area contributed by atoms with E-state index in [1.807, 2.05) is 48.5 Å². The topological polar surface area (TPSA) is 56.8 Å². The van der Waals surface area contributed by atoms with Gasteiger partial charge in [0.2, 0.25) is 0 Å². The first-order valence-electron chi connectivity index (χ1n) is 6.88. The third-order valence-corrected chi connectivity index (χ3v) is 3.06. The molecule has 0 radical (unpaired) electrons. The molecule has 2 aromatic carbocycles. The van der Waals surface area contributed by atoms with Crippen LogP contribution in [-0.2, 0) is 16.1 Å². The van der Waals surface area contributed by atoms with Gasteiger partial charge in [-0.2, -0.15) is 0 Å². The fourth-order valence-corrected chi connectivity index (χ4v) is 1.83. The monoisotopic (exact) mass is 301 g/mol. The third kappa shape index (κ3) is 4.70. The molecule has 0 saturated carbocycles. The number of carbonyl (C=O) groups is 1. The standard InChI is InChI=1S/C17H19NO4/c1-20-15-8-6-13(7-9-15)12-22-16-5-3-4-14(10-16)18-11-17(19)21-2/h3-10,18H,11-12H2,1-2H3. The lowest BCUT2D eigenvalue weighted by molar-refractivity contribution is -0.138. The normalized spacial score (nSPS) is 9.91. The van der Waals surface area contributed by atoms with Crippen molar-refractivity contribution < 1.29 is 19.0 Å². The van der Waals surface area contributed by atoms with E-state index in [1.165, 1.54) is 7.11 Å². The highest BCUT2D eigenvalue weighted by atomic mass is 16.5. The van der Waals surface area contributed by atoms with Gasteiger partial charge in [0.15, 0.2) is 0 Å². The lowest BCUT2D eigenvalue weighted by Gasteiger charge is -2.10. The summed E-state index contributed by atoms with van der Waals surface area (Å²) in [5, 5.41) is 2.98. The Labute approximate surface area is 129 Å². The summed E-state index contributed by atoms with van der Waals surface area (Å²) in [5.74, 6) is 1.23. The van der Waals surface area contributed by atoms with Gasteiger partial charge < -0.3 is 19.5 Å². The van der Waals surface area contributed by atoms with E-state index in [9.17, 15) is 4.79 Å². The average Bonchev–Trinajstić information content (AvgIpc) is 2.58. The molecule has 1 N–H and O–H groups in total. The van der Waals surface area contributed by atoms with Crippen molar-refractivity contribution in [1.29, 1.82) is 0 Å². The van der Waals surface area contributed by atoms with Gasteiger partial charge in [-0.3, -0.25) is 4.79 Å². The van der Waals surface area contributed by atoms with Crippen LogP contribution in [0.2, 0.25) is 0 Å². The molecular formula is C17H19NO4. The Morgan fingerprint density at radius 1 is 1.05 bits per heavy atom. The molecule has 0 spiro atoms. The second-order valence-corrected chi connectivity index (χ2v) is 4.59. The first kappa shape index (κ1) is 15.7. The Hall–Kier alpha value is -2.69. The Morgan fingerprint density at radius 3 is 2.50 bits per heavy atom. The van der Waals surface area contributed by atoms with Crippen LogP contribution in [0, 0.1) is 0 Å². The second-order valence-electron chi connectivity index (χ2n) is 4.59. The third-order valence-electron chi connectivity index (χ3n) is 3.06. The minimum Gasteiger partial charge on any atom is -0.497 e. The summed E-state index contributed by atoms with van der Waals surface area (Å²) in [6.07, 6.45) is 0. The van der Waals surface area contributed by atoms with Crippen molar-refractivity contribution in [3.63, 3.8) is 0 Å². The summed E-state index contributed by atoms with van der Waals surface area (Å²) in [7, 11) is 3.00. The fourth-order valence-electron chi connectivity index (χ4n) is 1.83. The number of methoxy groups -OCH3 is 2. The molecule has 0 aromatic heterocycles. The van der Waals surface area contributed by atoms with E-state index in [2.05, 4.69) is 10.1 Å². The van der Waals surface area contributed by atoms with Crippen molar-refractivity contribution in [1.82, 2.24) is 0 Å². The predicted molar refractivity (Wildman–Crippen MR) is 84.3 cm³/mol. The SMILES string of the molecule is COC(=O)CNc1cccc(OCc2ccc(OC)cc2)c1. The molecule has 0 aliphatic rings.